The van der Waals surface area contributed by atoms with Gasteiger partial charge >= 0.3 is 5.97 Å². The van der Waals surface area contributed by atoms with E-state index in [0.29, 0.717) is 5.69 Å². The molecular formula is C16H22N2O4S. The number of thioether (sulfide) groups is 1. The number of carbonyl (C=O) groups excluding carboxylic acids is 2. The third kappa shape index (κ3) is 7.19. The van der Waals surface area contributed by atoms with Gasteiger partial charge in [0.15, 0.2) is 0 Å². The van der Waals surface area contributed by atoms with Crippen LogP contribution in [0.3, 0.4) is 0 Å². The van der Waals surface area contributed by atoms with Gasteiger partial charge in [-0.15, -0.1) is 11.8 Å². The summed E-state index contributed by atoms with van der Waals surface area (Å²) in [6, 6.07) is 6.52. The van der Waals surface area contributed by atoms with Crippen molar-refractivity contribution in [3.8, 4) is 0 Å². The maximum absolute atomic E-state index is 11.8. The van der Waals surface area contributed by atoms with E-state index < -0.39 is 12.0 Å². The number of carboxylic acid groups (broad SMARTS) is 1. The van der Waals surface area contributed by atoms with Gasteiger partial charge in [0.25, 0.3) is 0 Å². The minimum Gasteiger partial charge on any atom is -0.480 e. The van der Waals surface area contributed by atoms with Crippen LogP contribution in [-0.4, -0.2) is 40.4 Å². The van der Waals surface area contributed by atoms with Gasteiger partial charge in [-0.25, -0.2) is 4.79 Å². The first kappa shape index (κ1) is 19.0. The molecule has 1 aromatic carbocycles. The lowest BCUT2D eigenvalue weighted by atomic mass is 10.1. The summed E-state index contributed by atoms with van der Waals surface area (Å²) in [7, 11) is 0. The molecule has 0 saturated carbocycles. The lowest BCUT2D eigenvalue weighted by Gasteiger charge is -2.17. The predicted octanol–water partition coefficient (Wildman–Crippen LogP) is 1.89. The highest BCUT2D eigenvalue weighted by atomic mass is 32.2. The Bertz CT molecular complexity index is 575. The molecule has 1 unspecified atom stereocenters. The highest BCUT2D eigenvalue weighted by molar-refractivity contribution is 8.00. The van der Waals surface area contributed by atoms with Crippen molar-refractivity contribution in [1.29, 1.82) is 0 Å². The average molecular weight is 338 g/mol. The smallest absolute Gasteiger partial charge is 0.326 e. The first-order valence-corrected chi connectivity index (χ1v) is 8.41. The number of amides is 2. The van der Waals surface area contributed by atoms with Gasteiger partial charge in [0, 0.05) is 5.69 Å². The van der Waals surface area contributed by atoms with Gasteiger partial charge in [-0.05, 0) is 30.5 Å². The van der Waals surface area contributed by atoms with Crippen LogP contribution in [0.5, 0.6) is 0 Å². The zero-order valence-electron chi connectivity index (χ0n) is 13.5. The zero-order valence-corrected chi connectivity index (χ0v) is 14.3. The summed E-state index contributed by atoms with van der Waals surface area (Å²) < 4.78 is 0. The third-order valence-electron chi connectivity index (χ3n) is 3.02. The van der Waals surface area contributed by atoms with Crippen molar-refractivity contribution in [3.63, 3.8) is 0 Å². The quantitative estimate of drug-likeness (QED) is 0.673. The van der Waals surface area contributed by atoms with Crippen LogP contribution in [0.25, 0.3) is 0 Å². The fourth-order valence-electron chi connectivity index (χ4n) is 1.88. The molecular weight excluding hydrogens is 316 g/mol. The lowest BCUT2D eigenvalue weighted by Crippen LogP contribution is -2.45. The number of carboxylic acids is 1. The summed E-state index contributed by atoms with van der Waals surface area (Å²) in [5.74, 6) is -1.69. The minimum atomic E-state index is -1.06. The monoisotopic (exact) mass is 338 g/mol. The molecule has 0 aliphatic heterocycles. The molecule has 1 atom stereocenters. The highest BCUT2D eigenvalue weighted by Gasteiger charge is 2.23. The van der Waals surface area contributed by atoms with Crippen molar-refractivity contribution in [3.05, 3.63) is 29.8 Å². The second-order valence-electron chi connectivity index (χ2n) is 5.54. The lowest BCUT2D eigenvalue weighted by molar-refractivity contribution is -0.142. The zero-order chi connectivity index (χ0) is 17.4. The fourth-order valence-corrected chi connectivity index (χ4v) is 2.51. The molecule has 2 amide bonds. The summed E-state index contributed by atoms with van der Waals surface area (Å²) in [5.41, 5.74) is 1.76. The fraction of sp³-hybridized carbons (Fsp3) is 0.438. The van der Waals surface area contributed by atoms with E-state index in [2.05, 4.69) is 10.6 Å². The summed E-state index contributed by atoms with van der Waals surface area (Å²) in [6.45, 7) is 5.38. The molecule has 0 fully saturated rings. The molecule has 0 aromatic heterocycles. The van der Waals surface area contributed by atoms with E-state index in [1.54, 1.807) is 19.9 Å². The van der Waals surface area contributed by atoms with E-state index in [4.69, 9.17) is 5.11 Å². The minimum absolute atomic E-state index is 0.0394. The number of anilines is 1. The Morgan fingerprint density at radius 1 is 1.17 bits per heavy atom. The first-order valence-electron chi connectivity index (χ1n) is 7.26. The summed E-state index contributed by atoms with van der Waals surface area (Å²) in [5, 5.41) is 14.2. The largest absolute Gasteiger partial charge is 0.480 e. The number of carbonyl (C=O) groups is 3. The Morgan fingerprint density at radius 3 is 2.39 bits per heavy atom. The maximum atomic E-state index is 11.8. The highest BCUT2D eigenvalue weighted by Crippen LogP contribution is 2.10. The first-order chi connectivity index (χ1) is 10.8. The van der Waals surface area contributed by atoms with Crippen molar-refractivity contribution in [2.24, 2.45) is 5.92 Å². The number of benzene rings is 1. The molecule has 0 saturated heterocycles. The topological polar surface area (TPSA) is 95.5 Å². The number of hydrogen-bond donors (Lipinski definition) is 3. The number of aryl methyl sites for hydroxylation is 1. The van der Waals surface area contributed by atoms with Crippen molar-refractivity contribution in [2.75, 3.05) is 16.8 Å². The van der Waals surface area contributed by atoms with Crippen LogP contribution in [0.2, 0.25) is 0 Å². The van der Waals surface area contributed by atoms with Crippen molar-refractivity contribution in [1.82, 2.24) is 5.32 Å². The Labute approximate surface area is 140 Å². The van der Waals surface area contributed by atoms with Crippen LogP contribution in [0.4, 0.5) is 5.69 Å². The molecule has 0 heterocycles. The molecule has 23 heavy (non-hydrogen) atoms. The van der Waals surface area contributed by atoms with Gasteiger partial charge in [-0.2, -0.15) is 0 Å². The van der Waals surface area contributed by atoms with Gasteiger partial charge < -0.3 is 15.7 Å². The van der Waals surface area contributed by atoms with Crippen LogP contribution in [0.15, 0.2) is 24.3 Å². The van der Waals surface area contributed by atoms with Crippen molar-refractivity contribution < 1.29 is 19.5 Å². The molecule has 7 heteroatoms. The summed E-state index contributed by atoms with van der Waals surface area (Å²) >= 11 is 1.14. The molecule has 6 nitrogen and oxygen atoms in total. The third-order valence-corrected chi connectivity index (χ3v) is 3.95. The van der Waals surface area contributed by atoms with E-state index in [1.165, 1.54) is 0 Å². The Balaban J connectivity index is 2.34. The van der Waals surface area contributed by atoms with Gasteiger partial charge in [-0.3, -0.25) is 9.59 Å². The molecule has 0 aliphatic rings. The second kappa shape index (κ2) is 9.19. The number of rotatable bonds is 8. The molecule has 1 rings (SSSR count). The number of nitrogens with one attached hydrogen (secondary N) is 2. The van der Waals surface area contributed by atoms with E-state index in [1.807, 2.05) is 25.1 Å². The molecule has 1 aromatic rings. The molecule has 0 spiro atoms. The van der Waals surface area contributed by atoms with Crippen LogP contribution in [0.1, 0.15) is 19.4 Å². The van der Waals surface area contributed by atoms with Gasteiger partial charge in [0.2, 0.25) is 11.8 Å². The van der Waals surface area contributed by atoms with E-state index in [0.717, 1.165) is 17.3 Å². The van der Waals surface area contributed by atoms with Gasteiger partial charge in [-0.1, -0.05) is 26.0 Å². The van der Waals surface area contributed by atoms with Crippen molar-refractivity contribution >= 4 is 35.2 Å². The summed E-state index contributed by atoms with van der Waals surface area (Å²) in [4.78, 5) is 34.5. The van der Waals surface area contributed by atoms with Crippen LogP contribution >= 0.6 is 11.8 Å². The number of hydrogen-bond acceptors (Lipinski definition) is 4. The summed E-state index contributed by atoms with van der Waals surface area (Å²) in [6.07, 6.45) is 0. The number of aliphatic carboxylic acids is 1. The Hall–Kier alpha value is -2.02. The van der Waals surface area contributed by atoms with Crippen LogP contribution < -0.4 is 10.6 Å². The Morgan fingerprint density at radius 2 is 1.83 bits per heavy atom. The predicted molar refractivity (Wildman–Crippen MR) is 91.5 cm³/mol. The second-order valence-corrected chi connectivity index (χ2v) is 6.52. The Kier molecular flexibility index (Phi) is 7.61. The normalized spacial score (nSPS) is 11.8. The SMILES string of the molecule is Cc1cccc(NC(=O)CSCC(=O)NC(C(=O)O)C(C)C)c1. The van der Waals surface area contributed by atoms with Crippen molar-refractivity contribution in [2.45, 2.75) is 26.8 Å². The van der Waals surface area contributed by atoms with Gasteiger partial charge in [0.05, 0.1) is 11.5 Å². The maximum Gasteiger partial charge on any atom is 0.326 e. The van der Waals surface area contributed by atoms with Crippen LogP contribution in [-0.2, 0) is 14.4 Å². The van der Waals surface area contributed by atoms with E-state index in [9.17, 15) is 14.4 Å². The molecule has 0 radical (unpaired) electrons. The van der Waals surface area contributed by atoms with Crippen LogP contribution in [0, 0.1) is 12.8 Å². The standard InChI is InChI=1S/C16H22N2O4S/c1-10(2)15(16(21)22)18-14(20)9-23-8-13(19)17-12-6-4-5-11(3)7-12/h4-7,10,15H,8-9H2,1-3H3,(H,17,19)(H,18,20)(H,21,22). The average Bonchev–Trinajstić information content (AvgIpc) is 2.44. The van der Waals surface area contributed by atoms with E-state index >= 15 is 0 Å². The van der Waals surface area contributed by atoms with E-state index in [-0.39, 0.29) is 29.2 Å². The molecule has 126 valence electrons. The van der Waals surface area contributed by atoms with Gasteiger partial charge in [0.1, 0.15) is 6.04 Å². The molecule has 0 aliphatic carbocycles. The molecule has 3 N–H and O–H groups in total. The molecule has 0 bridgehead atoms.